The second kappa shape index (κ2) is 5.36. The van der Waals surface area contributed by atoms with E-state index in [-0.39, 0.29) is 12.5 Å². The van der Waals surface area contributed by atoms with E-state index in [1.807, 2.05) is 11.8 Å². The van der Waals surface area contributed by atoms with Gasteiger partial charge in [-0.3, -0.25) is 4.79 Å². The van der Waals surface area contributed by atoms with Crippen LogP contribution in [0.2, 0.25) is 0 Å². The minimum atomic E-state index is 0.0573. The lowest BCUT2D eigenvalue weighted by atomic mass is 9.98. The van der Waals surface area contributed by atoms with Crippen molar-refractivity contribution in [2.24, 2.45) is 0 Å². The number of hydrogen-bond donors (Lipinski definition) is 0. The first-order chi connectivity index (χ1) is 9.65. The third-order valence-corrected chi connectivity index (χ3v) is 3.96. The molecule has 1 aliphatic heterocycles. The number of benzene rings is 1. The molecule has 0 spiro atoms. The van der Waals surface area contributed by atoms with Gasteiger partial charge in [-0.2, -0.15) is 5.10 Å². The number of aromatic nitrogens is 3. The first-order valence-electron chi connectivity index (χ1n) is 6.57. The van der Waals surface area contributed by atoms with E-state index in [4.69, 9.17) is 0 Å². The summed E-state index contributed by atoms with van der Waals surface area (Å²) in [4.78, 5) is 18.2. The van der Waals surface area contributed by atoms with Gasteiger partial charge < -0.3 is 4.90 Å². The summed E-state index contributed by atoms with van der Waals surface area (Å²) in [6, 6.07) is 4.16. The highest BCUT2D eigenvalue weighted by molar-refractivity contribution is 9.10. The van der Waals surface area contributed by atoms with Crippen molar-refractivity contribution in [2.75, 3.05) is 11.4 Å². The summed E-state index contributed by atoms with van der Waals surface area (Å²) >= 11 is 3.52. The lowest BCUT2D eigenvalue weighted by Crippen LogP contribution is -2.38. The number of anilines is 1. The molecule has 6 heteroatoms. The van der Waals surface area contributed by atoms with Crippen molar-refractivity contribution >= 4 is 27.5 Å². The molecule has 0 N–H and O–H groups in total. The van der Waals surface area contributed by atoms with Crippen LogP contribution in [0.5, 0.6) is 0 Å². The van der Waals surface area contributed by atoms with Gasteiger partial charge in [0.25, 0.3) is 0 Å². The lowest BCUT2D eigenvalue weighted by molar-refractivity contribution is -0.119. The molecule has 0 fully saturated rings. The van der Waals surface area contributed by atoms with Gasteiger partial charge >= 0.3 is 0 Å². The highest BCUT2D eigenvalue weighted by atomic mass is 79.9. The number of halogens is 1. The SMILES string of the molecule is Cc1cc(Br)cc2c1N(C(=O)Cn1cncn1)CCC2. The van der Waals surface area contributed by atoms with Crippen molar-refractivity contribution in [3.63, 3.8) is 0 Å². The fraction of sp³-hybridized carbons (Fsp3) is 0.357. The Kier molecular flexibility index (Phi) is 3.56. The molecule has 1 aromatic carbocycles. The van der Waals surface area contributed by atoms with Crippen LogP contribution in [0.15, 0.2) is 29.3 Å². The average Bonchev–Trinajstić information content (AvgIpc) is 2.90. The van der Waals surface area contributed by atoms with Gasteiger partial charge in [-0.05, 0) is 43.0 Å². The second-order valence-corrected chi connectivity index (χ2v) is 5.89. The van der Waals surface area contributed by atoms with Crippen LogP contribution < -0.4 is 4.90 Å². The van der Waals surface area contributed by atoms with Crippen LogP contribution in [0.4, 0.5) is 5.69 Å². The predicted molar refractivity (Wildman–Crippen MR) is 79.6 cm³/mol. The van der Waals surface area contributed by atoms with Crippen molar-refractivity contribution in [2.45, 2.75) is 26.3 Å². The molecule has 0 atom stereocenters. The van der Waals surface area contributed by atoms with E-state index in [2.05, 4.69) is 38.1 Å². The van der Waals surface area contributed by atoms with Gasteiger partial charge in [0.15, 0.2) is 0 Å². The van der Waals surface area contributed by atoms with E-state index < -0.39 is 0 Å². The first kappa shape index (κ1) is 13.3. The smallest absolute Gasteiger partial charge is 0.248 e. The topological polar surface area (TPSA) is 51.0 Å². The van der Waals surface area contributed by atoms with E-state index in [0.717, 1.165) is 35.1 Å². The summed E-state index contributed by atoms with van der Waals surface area (Å²) in [6.45, 7) is 3.04. The normalized spacial score (nSPS) is 14.2. The number of hydrogen-bond acceptors (Lipinski definition) is 3. The minimum absolute atomic E-state index is 0.0573. The summed E-state index contributed by atoms with van der Waals surface area (Å²) < 4.78 is 2.63. The predicted octanol–water partition coefficient (Wildman–Crippen LogP) is 2.33. The van der Waals surface area contributed by atoms with E-state index in [9.17, 15) is 4.79 Å². The van der Waals surface area contributed by atoms with Crippen molar-refractivity contribution in [1.82, 2.24) is 14.8 Å². The molecule has 0 bridgehead atoms. The second-order valence-electron chi connectivity index (χ2n) is 4.97. The van der Waals surface area contributed by atoms with Crippen LogP contribution in [-0.4, -0.2) is 27.2 Å². The van der Waals surface area contributed by atoms with Crippen molar-refractivity contribution < 1.29 is 4.79 Å². The summed E-state index contributed by atoms with van der Waals surface area (Å²) in [7, 11) is 0. The Morgan fingerprint density at radius 2 is 2.30 bits per heavy atom. The zero-order valence-corrected chi connectivity index (χ0v) is 12.8. The van der Waals surface area contributed by atoms with Crippen LogP contribution >= 0.6 is 15.9 Å². The molecule has 2 heterocycles. The number of aryl methyl sites for hydroxylation is 2. The number of nitrogens with zero attached hydrogens (tertiary/aromatic N) is 4. The molecule has 0 aliphatic carbocycles. The summed E-state index contributed by atoms with van der Waals surface area (Å²) in [5.74, 6) is 0.0573. The molecule has 1 amide bonds. The first-order valence-corrected chi connectivity index (χ1v) is 7.36. The third-order valence-electron chi connectivity index (χ3n) is 3.51. The van der Waals surface area contributed by atoms with Gasteiger partial charge in [0.2, 0.25) is 5.91 Å². The maximum absolute atomic E-state index is 12.5. The minimum Gasteiger partial charge on any atom is -0.310 e. The fourth-order valence-electron chi connectivity index (χ4n) is 2.71. The molecule has 1 aliphatic rings. The van der Waals surface area contributed by atoms with Gasteiger partial charge in [0.05, 0.1) is 0 Å². The number of carbonyl (C=O) groups excluding carboxylic acids is 1. The van der Waals surface area contributed by atoms with E-state index >= 15 is 0 Å². The number of rotatable bonds is 2. The average molecular weight is 335 g/mol. The Balaban J connectivity index is 1.91. The fourth-order valence-corrected chi connectivity index (χ4v) is 3.33. The Bertz CT molecular complexity index is 639. The van der Waals surface area contributed by atoms with Crippen LogP contribution in [0.3, 0.4) is 0 Å². The quantitative estimate of drug-likeness (QED) is 0.846. The van der Waals surface area contributed by atoms with Gasteiger partial charge in [-0.25, -0.2) is 9.67 Å². The van der Waals surface area contributed by atoms with E-state index in [0.29, 0.717) is 0 Å². The molecular weight excluding hydrogens is 320 g/mol. The highest BCUT2D eigenvalue weighted by Gasteiger charge is 2.24. The molecular formula is C14H15BrN4O. The molecule has 5 nitrogen and oxygen atoms in total. The molecule has 20 heavy (non-hydrogen) atoms. The molecule has 0 radical (unpaired) electrons. The largest absolute Gasteiger partial charge is 0.310 e. The van der Waals surface area contributed by atoms with Crippen LogP contribution in [-0.2, 0) is 17.8 Å². The van der Waals surface area contributed by atoms with Crippen molar-refractivity contribution in [1.29, 1.82) is 0 Å². The van der Waals surface area contributed by atoms with Crippen LogP contribution in [0.1, 0.15) is 17.5 Å². The van der Waals surface area contributed by atoms with Crippen molar-refractivity contribution in [3.8, 4) is 0 Å². The van der Waals surface area contributed by atoms with Crippen LogP contribution in [0.25, 0.3) is 0 Å². The van der Waals surface area contributed by atoms with E-state index in [1.54, 1.807) is 11.0 Å². The maximum atomic E-state index is 12.5. The van der Waals surface area contributed by atoms with Gasteiger partial charge in [0.1, 0.15) is 19.2 Å². The van der Waals surface area contributed by atoms with Gasteiger partial charge in [0, 0.05) is 16.7 Å². The third kappa shape index (κ3) is 2.47. The Morgan fingerprint density at radius 3 is 3.05 bits per heavy atom. The zero-order chi connectivity index (χ0) is 14.1. The standard InChI is InChI=1S/C14H15BrN4O/c1-10-5-12(15)6-11-3-2-4-19(14(10)11)13(20)7-18-9-16-8-17-18/h5-6,8-9H,2-4,7H2,1H3. The molecule has 1 aromatic heterocycles. The summed E-state index contributed by atoms with van der Waals surface area (Å²) in [5.41, 5.74) is 3.42. The highest BCUT2D eigenvalue weighted by Crippen LogP contribution is 2.33. The van der Waals surface area contributed by atoms with Gasteiger partial charge in [-0.1, -0.05) is 15.9 Å². The van der Waals surface area contributed by atoms with Gasteiger partial charge in [-0.15, -0.1) is 0 Å². The number of amides is 1. The Labute approximate surface area is 125 Å². The molecule has 0 saturated carbocycles. The Hall–Kier alpha value is -1.69. The maximum Gasteiger partial charge on any atom is 0.248 e. The lowest BCUT2D eigenvalue weighted by Gasteiger charge is -2.31. The molecule has 3 rings (SSSR count). The zero-order valence-electron chi connectivity index (χ0n) is 11.2. The summed E-state index contributed by atoms with van der Waals surface area (Å²) in [5, 5.41) is 3.99. The number of carbonyl (C=O) groups is 1. The summed E-state index contributed by atoms with van der Waals surface area (Å²) in [6.07, 6.45) is 5.02. The molecule has 0 saturated heterocycles. The molecule has 104 valence electrons. The van der Waals surface area contributed by atoms with Crippen LogP contribution in [0, 0.1) is 6.92 Å². The van der Waals surface area contributed by atoms with E-state index in [1.165, 1.54) is 11.9 Å². The number of fused-ring (bicyclic) bond motifs is 1. The van der Waals surface area contributed by atoms with Crippen molar-refractivity contribution in [3.05, 3.63) is 40.4 Å². The Morgan fingerprint density at radius 1 is 1.45 bits per heavy atom. The molecule has 2 aromatic rings. The monoisotopic (exact) mass is 334 g/mol. The molecule has 0 unspecified atom stereocenters.